The molecule has 568 valence electrons. The van der Waals surface area contributed by atoms with Crippen LogP contribution in [0.2, 0.25) is 0 Å². The van der Waals surface area contributed by atoms with Crippen molar-refractivity contribution in [2.75, 3.05) is 100 Å². The van der Waals surface area contributed by atoms with Crippen LogP contribution in [0.5, 0.6) is 0 Å². The number of likely N-dealkylation sites (N-methyl/N-ethyl adjacent to an activating group) is 7. The number of rotatable bonds is 22. The Balaban J connectivity index is 3.12. The van der Waals surface area contributed by atoms with E-state index in [2.05, 4.69) is 38.0 Å². The van der Waals surface area contributed by atoms with Crippen LogP contribution in [-0.4, -0.2) is 298 Å². The third-order valence-corrected chi connectivity index (χ3v) is 20.2. The van der Waals surface area contributed by atoms with Crippen molar-refractivity contribution in [3.63, 3.8) is 0 Å². The van der Waals surface area contributed by atoms with E-state index in [9.17, 15) is 29.4 Å². The zero-order valence-corrected chi connectivity index (χ0v) is 65.8. The Morgan fingerprint density at radius 3 is 1.40 bits per heavy atom. The van der Waals surface area contributed by atoms with Crippen LogP contribution in [0.1, 0.15) is 170 Å². The largest absolute Gasteiger partial charge is 0.390 e. The Kier molecular flexibility index (Phi) is 37.2. The summed E-state index contributed by atoms with van der Waals surface area (Å²) in [6, 6.07) is -14.4. The highest BCUT2D eigenvalue weighted by Crippen LogP contribution is 2.27. The number of carbonyl (C=O) groups is 11. The average molecular weight is 1420 g/mol. The summed E-state index contributed by atoms with van der Waals surface area (Å²) in [4.78, 5) is 178. The summed E-state index contributed by atoms with van der Waals surface area (Å²) in [5.74, 6) is -9.63. The second-order valence-corrected chi connectivity index (χ2v) is 31.6. The van der Waals surface area contributed by atoms with Crippen molar-refractivity contribution in [2.24, 2.45) is 35.5 Å². The van der Waals surface area contributed by atoms with Gasteiger partial charge in [0.15, 0.2) is 0 Å². The fourth-order valence-corrected chi connectivity index (χ4v) is 14.1. The zero-order chi connectivity index (χ0) is 76.0. The molecule has 13 atom stereocenters. The number of nitrogens with one attached hydrogen (secondary N) is 4. The molecule has 0 spiro atoms. The van der Waals surface area contributed by atoms with Crippen molar-refractivity contribution < 1.29 is 63.0 Å². The van der Waals surface area contributed by atoms with Gasteiger partial charge in [0.25, 0.3) is 0 Å². The van der Waals surface area contributed by atoms with E-state index in [1.165, 1.54) is 113 Å². The number of amides is 11. The molecular weight excluding hydrogens is 1290 g/mol. The molecule has 0 unspecified atom stereocenters. The van der Waals surface area contributed by atoms with Crippen LogP contribution < -0.4 is 21.3 Å². The second kappa shape index (κ2) is 41.3. The van der Waals surface area contributed by atoms with E-state index in [4.69, 9.17) is 0 Å². The van der Waals surface area contributed by atoms with E-state index in [0.29, 0.717) is 12.3 Å². The third-order valence-electron chi connectivity index (χ3n) is 19.2. The van der Waals surface area contributed by atoms with Crippen LogP contribution in [0.15, 0.2) is 12.2 Å². The van der Waals surface area contributed by atoms with E-state index < -0.39 is 161 Å². The zero-order valence-electron chi connectivity index (χ0n) is 65.0. The minimum absolute atomic E-state index is 0.0235. The van der Waals surface area contributed by atoms with Crippen molar-refractivity contribution in [3.05, 3.63) is 12.2 Å². The number of nitrogens with zero attached hydrogens (tertiary/aromatic N) is 9. The smallest absolute Gasteiger partial charge is 0.246 e. The number of aliphatic hydroxyl groups excluding tert-OH is 1. The van der Waals surface area contributed by atoms with Crippen molar-refractivity contribution >= 4 is 76.7 Å². The van der Waals surface area contributed by atoms with Crippen LogP contribution in [0, 0.1) is 35.5 Å². The summed E-state index contributed by atoms with van der Waals surface area (Å²) in [5.41, 5.74) is -1.59. The number of hydrogen-bond acceptors (Lipinski definition) is 16. The highest BCUT2D eigenvalue weighted by molar-refractivity contribution is 7.99. The summed E-state index contributed by atoms with van der Waals surface area (Å²) >= 11 is 1.43. The fourth-order valence-electron chi connectivity index (χ4n) is 12.9. The van der Waals surface area contributed by atoms with Crippen molar-refractivity contribution in [1.29, 1.82) is 0 Å². The highest BCUT2D eigenvalue weighted by Gasteiger charge is 2.47. The standard InChI is InChI=1S/C72H131N13O13S/c1-26-29-30-48(14)60(86)59-64(90)75-51(28-3)66(92)81(23)56(42-99-37-36-85-34-32-84(31-27-2)33-35-85)69(95)80(22)55(41-72(17,18)98)63(89)76-57(46(10)11)70(96)77(19)52(38-43(4)5)62(88)73-49(15)61(87)74-50(16)65(91)78(20)53(39-44(6)7)67(93)79(21)54(40-45(8)9)68(94)82(24)58(47(12)13)71(97)83(59)25/h26,29,43-60,86,98H,27-28,30-42H2,1-25H3,(H,73,88)(H,74,87)(H,75,90)(H,76,89)/t48-,49+,50-,51+,52+,53+,54+,55+,56-,57+,58+,59+,60-/m1/s1. The predicted molar refractivity (Wildman–Crippen MR) is 389 cm³/mol. The molecule has 6 N–H and O–H groups in total. The first kappa shape index (κ1) is 89.2. The molecule has 0 aromatic carbocycles. The summed E-state index contributed by atoms with van der Waals surface area (Å²) in [5, 5.41) is 35.0. The predicted octanol–water partition coefficient (Wildman–Crippen LogP) is 3.51. The summed E-state index contributed by atoms with van der Waals surface area (Å²) in [6.45, 7) is 36.4. The molecule has 2 heterocycles. The van der Waals surface area contributed by atoms with Crippen molar-refractivity contribution in [1.82, 2.24) is 65.4 Å². The first-order valence-corrected chi connectivity index (χ1v) is 37.2. The number of aliphatic hydroxyl groups is 2. The Morgan fingerprint density at radius 2 is 0.929 bits per heavy atom. The summed E-state index contributed by atoms with van der Waals surface area (Å²) < 4.78 is 0. The molecular formula is C72H131N13O13S. The Morgan fingerprint density at radius 1 is 0.495 bits per heavy atom. The number of carbonyl (C=O) groups excluding carboxylic acids is 11. The molecule has 2 aliphatic rings. The third kappa shape index (κ3) is 26.1. The topological polar surface area (TPSA) is 306 Å². The van der Waals surface area contributed by atoms with Gasteiger partial charge in [0.05, 0.1) is 11.7 Å². The summed E-state index contributed by atoms with van der Waals surface area (Å²) in [6.07, 6.45) is 3.43. The lowest BCUT2D eigenvalue weighted by Crippen LogP contribution is -2.64. The molecule has 2 saturated heterocycles. The van der Waals surface area contributed by atoms with Gasteiger partial charge in [0.1, 0.15) is 66.5 Å². The van der Waals surface area contributed by atoms with E-state index in [0.717, 1.165) is 48.9 Å². The van der Waals surface area contributed by atoms with Crippen LogP contribution in [0.25, 0.3) is 0 Å². The van der Waals surface area contributed by atoms with Crippen LogP contribution in [0.3, 0.4) is 0 Å². The van der Waals surface area contributed by atoms with Gasteiger partial charge in [-0.15, -0.1) is 0 Å². The van der Waals surface area contributed by atoms with Crippen LogP contribution in [0.4, 0.5) is 0 Å². The molecule has 0 bridgehead atoms. The molecule has 2 rings (SSSR count). The van der Waals surface area contributed by atoms with Crippen LogP contribution in [-0.2, 0) is 52.7 Å². The molecule has 0 saturated carbocycles. The Hall–Kier alpha value is -5.90. The molecule has 26 nitrogen and oxygen atoms in total. The second-order valence-electron chi connectivity index (χ2n) is 30.5. The lowest BCUT2D eigenvalue weighted by atomic mass is 9.91. The number of hydrogen-bond donors (Lipinski definition) is 6. The quantitative estimate of drug-likeness (QED) is 0.0668. The SMILES string of the molecule is CC=CC[C@@H](C)[C@@H](O)[C@H]1C(=O)N[C@@H](CC)C(=O)N(C)[C@H](CSCCN2CCN(CCC)CC2)C(=O)N(C)[C@@H](CC(C)(C)O)C(=O)N[C@@H](C(C)C)C(=O)N(C)[C@@H](CC(C)C)C(=O)N[C@@H](C)C(=O)N[C@H](C)C(=O)N(C)[C@@H](CC(C)C)C(=O)N(C)[C@@H](CC(C)C)C(=O)N(C)[C@@H](C(C)C)C(=O)N1C. The van der Waals surface area contributed by atoms with Gasteiger partial charge >= 0.3 is 0 Å². The van der Waals surface area contributed by atoms with Gasteiger partial charge in [0, 0.05) is 100.0 Å². The van der Waals surface area contributed by atoms with Gasteiger partial charge in [-0.05, 0) is 115 Å². The first-order valence-electron chi connectivity index (χ1n) is 36.0. The molecule has 2 fully saturated rings. The first-order chi connectivity index (χ1) is 45.9. The highest BCUT2D eigenvalue weighted by atomic mass is 32.2. The molecule has 0 aromatic heterocycles. The lowest BCUT2D eigenvalue weighted by Gasteiger charge is -2.41. The molecule has 27 heteroatoms. The van der Waals surface area contributed by atoms with E-state index in [1.54, 1.807) is 54.5 Å². The van der Waals surface area contributed by atoms with E-state index in [1.807, 2.05) is 47.6 Å². The maximum Gasteiger partial charge on any atom is 0.246 e. The van der Waals surface area contributed by atoms with Gasteiger partial charge in [0.2, 0.25) is 65.0 Å². The molecule has 0 aromatic rings. The Labute approximate surface area is 597 Å². The van der Waals surface area contributed by atoms with E-state index in [-0.39, 0.29) is 62.0 Å². The maximum absolute atomic E-state index is 15.5. The minimum atomic E-state index is -1.66. The summed E-state index contributed by atoms with van der Waals surface area (Å²) in [7, 11) is 9.94. The Bertz CT molecular complexity index is 2700. The minimum Gasteiger partial charge on any atom is -0.390 e. The number of thioether (sulfide) groups is 1. The normalized spacial score (nSPS) is 27.0. The van der Waals surface area contributed by atoms with E-state index >= 15 is 33.6 Å². The van der Waals surface area contributed by atoms with Gasteiger partial charge in [-0.25, -0.2) is 0 Å². The van der Waals surface area contributed by atoms with Crippen molar-refractivity contribution in [2.45, 2.75) is 248 Å². The number of allylic oxidation sites excluding steroid dienone is 2. The fraction of sp³-hybridized carbons (Fsp3) is 0.819. The average Bonchev–Trinajstić information content (AvgIpc) is 0.809. The van der Waals surface area contributed by atoms with Crippen LogP contribution >= 0.6 is 11.8 Å². The van der Waals surface area contributed by atoms with Crippen molar-refractivity contribution in [3.8, 4) is 0 Å². The monoisotopic (exact) mass is 1420 g/mol. The molecule has 0 radical (unpaired) electrons. The van der Waals surface area contributed by atoms with Gasteiger partial charge in [-0.2, -0.15) is 11.8 Å². The molecule has 11 amide bonds. The lowest BCUT2D eigenvalue weighted by molar-refractivity contribution is -0.157. The van der Waals surface area contributed by atoms with Gasteiger partial charge in [-0.1, -0.05) is 102 Å². The molecule has 2 aliphatic heterocycles. The number of piperazine rings is 1. The molecule has 99 heavy (non-hydrogen) atoms. The van der Waals surface area contributed by atoms with Gasteiger partial charge < -0.3 is 70.7 Å². The van der Waals surface area contributed by atoms with Gasteiger partial charge in [-0.3, -0.25) is 57.6 Å². The maximum atomic E-state index is 15.5. The molecule has 0 aliphatic carbocycles.